The molecule has 29 heavy (non-hydrogen) atoms. The first-order valence-electron chi connectivity index (χ1n) is 9.02. The van der Waals surface area contributed by atoms with E-state index in [0.717, 1.165) is 11.1 Å². The fourth-order valence-electron chi connectivity index (χ4n) is 3.16. The number of nitrogens with one attached hydrogen (secondary N) is 1. The first-order chi connectivity index (χ1) is 13.8. The standard InChI is InChI=1S/C22H20N2O4S/c1-14-7-9-21-19(11-14)23-22(25)18-13-16(8-10-20(18)28-21)15-5-4-6-17(12-15)29(26,27)24(2)3/h4-13H,1-3H3,(H,23,25). The molecule has 0 spiro atoms. The Hall–Kier alpha value is -3.16. The van der Waals surface area contributed by atoms with Crippen LogP contribution >= 0.6 is 0 Å². The monoisotopic (exact) mass is 408 g/mol. The molecule has 1 aliphatic rings. The number of anilines is 1. The maximum atomic E-state index is 12.8. The lowest BCUT2D eigenvalue weighted by molar-refractivity contribution is 0.102. The average Bonchev–Trinajstić information content (AvgIpc) is 2.83. The quantitative estimate of drug-likeness (QED) is 0.702. The van der Waals surface area contributed by atoms with Crippen LogP contribution in [0, 0.1) is 6.92 Å². The summed E-state index contributed by atoms with van der Waals surface area (Å²) in [7, 11) is -0.569. The molecule has 3 aromatic carbocycles. The van der Waals surface area contributed by atoms with Gasteiger partial charge in [0.15, 0.2) is 5.75 Å². The Morgan fingerprint density at radius 2 is 1.62 bits per heavy atom. The van der Waals surface area contributed by atoms with E-state index in [4.69, 9.17) is 4.74 Å². The molecule has 0 aromatic heterocycles. The summed E-state index contributed by atoms with van der Waals surface area (Å²) >= 11 is 0. The van der Waals surface area contributed by atoms with Gasteiger partial charge < -0.3 is 10.1 Å². The first-order valence-corrected chi connectivity index (χ1v) is 10.5. The molecule has 0 unspecified atom stereocenters. The number of sulfonamides is 1. The molecule has 7 heteroatoms. The van der Waals surface area contributed by atoms with Gasteiger partial charge in [-0.25, -0.2) is 12.7 Å². The summed E-state index contributed by atoms with van der Waals surface area (Å²) in [6, 6.07) is 17.5. The number of hydrogen-bond donors (Lipinski definition) is 1. The molecule has 1 heterocycles. The van der Waals surface area contributed by atoms with Crippen molar-refractivity contribution in [3.8, 4) is 22.6 Å². The molecule has 6 nitrogen and oxygen atoms in total. The molecule has 4 rings (SSSR count). The average molecular weight is 408 g/mol. The second-order valence-corrected chi connectivity index (χ2v) is 9.23. The summed E-state index contributed by atoms with van der Waals surface area (Å²) < 4.78 is 32.0. The second kappa shape index (κ2) is 7.02. The topological polar surface area (TPSA) is 75.7 Å². The molecular weight excluding hydrogens is 388 g/mol. The Labute approximate surface area is 169 Å². The van der Waals surface area contributed by atoms with E-state index < -0.39 is 10.0 Å². The van der Waals surface area contributed by atoms with Gasteiger partial charge in [0.05, 0.1) is 16.1 Å². The van der Waals surface area contributed by atoms with Gasteiger partial charge in [-0.15, -0.1) is 0 Å². The highest BCUT2D eigenvalue weighted by molar-refractivity contribution is 7.89. The third kappa shape index (κ3) is 3.50. The SMILES string of the molecule is Cc1ccc2c(c1)NC(=O)c1cc(-c3cccc(S(=O)(=O)N(C)C)c3)ccc1O2. The van der Waals surface area contributed by atoms with Crippen molar-refractivity contribution in [3.05, 3.63) is 71.8 Å². The van der Waals surface area contributed by atoms with Crippen molar-refractivity contribution in [3.63, 3.8) is 0 Å². The van der Waals surface area contributed by atoms with E-state index in [1.54, 1.807) is 30.3 Å². The predicted octanol–water partition coefficient (Wildman–Crippen LogP) is 4.27. The number of nitrogens with zero attached hydrogens (tertiary/aromatic N) is 1. The number of carbonyl (C=O) groups excluding carboxylic acids is 1. The number of ether oxygens (including phenoxy) is 1. The van der Waals surface area contributed by atoms with Crippen LogP contribution in [0.15, 0.2) is 65.6 Å². The van der Waals surface area contributed by atoms with Gasteiger partial charge in [-0.1, -0.05) is 24.3 Å². The van der Waals surface area contributed by atoms with Crippen LogP contribution in [-0.4, -0.2) is 32.7 Å². The van der Waals surface area contributed by atoms with Gasteiger partial charge in [0.1, 0.15) is 5.75 Å². The number of aryl methyl sites for hydroxylation is 1. The van der Waals surface area contributed by atoms with Crippen LogP contribution in [0.4, 0.5) is 5.69 Å². The molecule has 1 N–H and O–H groups in total. The first kappa shape index (κ1) is 19.2. The molecule has 0 radical (unpaired) electrons. The van der Waals surface area contributed by atoms with E-state index in [0.29, 0.717) is 28.3 Å². The zero-order chi connectivity index (χ0) is 20.8. The maximum absolute atomic E-state index is 12.8. The summed E-state index contributed by atoms with van der Waals surface area (Å²) in [5.74, 6) is 0.753. The second-order valence-electron chi connectivity index (χ2n) is 7.08. The van der Waals surface area contributed by atoms with E-state index in [9.17, 15) is 13.2 Å². The van der Waals surface area contributed by atoms with Crippen LogP contribution in [-0.2, 0) is 10.0 Å². The minimum atomic E-state index is -3.55. The van der Waals surface area contributed by atoms with Crippen LogP contribution in [0.5, 0.6) is 11.5 Å². The molecule has 0 saturated carbocycles. The number of benzene rings is 3. The molecular formula is C22H20N2O4S. The van der Waals surface area contributed by atoms with E-state index in [1.165, 1.54) is 18.4 Å². The molecule has 0 saturated heterocycles. The highest BCUT2D eigenvalue weighted by Crippen LogP contribution is 2.38. The van der Waals surface area contributed by atoms with Gasteiger partial charge in [-0.05, 0) is 60.0 Å². The zero-order valence-electron chi connectivity index (χ0n) is 16.3. The molecule has 0 atom stereocenters. The highest BCUT2D eigenvalue weighted by atomic mass is 32.2. The van der Waals surface area contributed by atoms with Crippen molar-refractivity contribution in [2.24, 2.45) is 0 Å². The van der Waals surface area contributed by atoms with Crippen molar-refractivity contribution < 1.29 is 17.9 Å². The highest BCUT2D eigenvalue weighted by Gasteiger charge is 2.22. The molecule has 1 amide bonds. The van der Waals surface area contributed by atoms with Gasteiger partial charge in [-0.2, -0.15) is 0 Å². The van der Waals surface area contributed by atoms with Crippen LogP contribution in [0.3, 0.4) is 0 Å². The minimum Gasteiger partial charge on any atom is -0.454 e. The molecule has 0 fully saturated rings. The number of amides is 1. The predicted molar refractivity (Wildman–Crippen MR) is 112 cm³/mol. The molecule has 0 bridgehead atoms. The maximum Gasteiger partial charge on any atom is 0.259 e. The summed E-state index contributed by atoms with van der Waals surface area (Å²) in [6.07, 6.45) is 0. The Balaban J connectivity index is 1.76. The lowest BCUT2D eigenvalue weighted by Gasteiger charge is -2.13. The van der Waals surface area contributed by atoms with Gasteiger partial charge >= 0.3 is 0 Å². The number of rotatable bonds is 3. The number of fused-ring (bicyclic) bond motifs is 2. The third-order valence-electron chi connectivity index (χ3n) is 4.77. The Kier molecular flexibility index (Phi) is 4.64. The summed E-state index contributed by atoms with van der Waals surface area (Å²) in [4.78, 5) is 13.0. The fraction of sp³-hybridized carbons (Fsp3) is 0.136. The van der Waals surface area contributed by atoms with Crippen LogP contribution in [0.25, 0.3) is 11.1 Å². The summed E-state index contributed by atoms with van der Waals surface area (Å²) in [5, 5.41) is 2.88. The minimum absolute atomic E-state index is 0.193. The van der Waals surface area contributed by atoms with E-state index >= 15 is 0 Å². The number of carbonyl (C=O) groups is 1. The van der Waals surface area contributed by atoms with Crippen molar-refractivity contribution in [2.45, 2.75) is 11.8 Å². The largest absolute Gasteiger partial charge is 0.454 e. The molecule has 3 aromatic rings. The third-order valence-corrected chi connectivity index (χ3v) is 6.58. The van der Waals surface area contributed by atoms with Gasteiger partial charge in [0.2, 0.25) is 10.0 Å². The van der Waals surface area contributed by atoms with Crippen LogP contribution < -0.4 is 10.1 Å². The summed E-state index contributed by atoms with van der Waals surface area (Å²) in [6.45, 7) is 1.94. The van der Waals surface area contributed by atoms with Crippen molar-refractivity contribution in [2.75, 3.05) is 19.4 Å². The van der Waals surface area contributed by atoms with Crippen LogP contribution in [0.2, 0.25) is 0 Å². The van der Waals surface area contributed by atoms with Crippen molar-refractivity contribution >= 4 is 21.6 Å². The Morgan fingerprint density at radius 1 is 0.897 bits per heavy atom. The Morgan fingerprint density at radius 3 is 2.38 bits per heavy atom. The van der Waals surface area contributed by atoms with Gasteiger partial charge in [0, 0.05) is 14.1 Å². The zero-order valence-corrected chi connectivity index (χ0v) is 17.1. The fourth-order valence-corrected chi connectivity index (χ4v) is 4.11. The van der Waals surface area contributed by atoms with E-state index in [2.05, 4.69) is 5.32 Å². The lowest BCUT2D eigenvalue weighted by Crippen LogP contribution is -2.22. The number of hydrogen-bond acceptors (Lipinski definition) is 4. The normalized spacial score (nSPS) is 13.2. The van der Waals surface area contributed by atoms with Crippen molar-refractivity contribution in [1.29, 1.82) is 0 Å². The van der Waals surface area contributed by atoms with Crippen LogP contribution in [0.1, 0.15) is 15.9 Å². The van der Waals surface area contributed by atoms with E-state index in [1.807, 2.05) is 37.3 Å². The lowest BCUT2D eigenvalue weighted by atomic mass is 10.0. The summed E-state index contributed by atoms with van der Waals surface area (Å²) in [5.41, 5.74) is 3.43. The van der Waals surface area contributed by atoms with Crippen molar-refractivity contribution in [1.82, 2.24) is 4.31 Å². The van der Waals surface area contributed by atoms with Gasteiger partial charge in [-0.3, -0.25) is 4.79 Å². The van der Waals surface area contributed by atoms with Gasteiger partial charge in [0.25, 0.3) is 5.91 Å². The smallest absolute Gasteiger partial charge is 0.259 e. The molecule has 148 valence electrons. The Bertz CT molecular complexity index is 1230. The molecule has 0 aliphatic carbocycles. The molecule has 1 aliphatic heterocycles. The van der Waals surface area contributed by atoms with E-state index in [-0.39, 0.29) is 10.8 Å².